The lowest BCUT2D eigenvalue weighted by Crippen LogP contribution is -2.59. The van der Waals surface area contributed by atoms with Crippen LogP contribution in [-0.2, 0) is 0 Å². The molecule has 1 saturated heterocycles. The number of piperazine rings is 1. The van der Waals surface area contributed by atoms with Gasteiger partial charge in [0.1, 0.15) is 11.6 Å². The number of aromatic nitrogens is 2. The summed E-state index contributed by atoms with van der Waals surface area (Å²) in [6.45, 7) is 9.82. The first-order valence-electron chi connectivity index (χ1n) is 6.51. The average molecular weight is 279 g/mol. The first kappa shape index (κ1) is 14.1. The third kappa shape index (κ3) is 3.01. The van der Waals surface area contributed by atoms with Gasteiger partial charge in [-0.05, 0) is 26.8 Å². The van der Waals surface area contributed by atoms with E-state index in [2.05, 4.69) is 33.6 Å². The standard InChI is InChI=1S/C13H21N5S/c1-10-15-5-4-11(16-10)17-6-8-18(9-7-17)13(2,3)12(14)19/h4-5H,6-9H2,1-3H3,(H2,14,19). The van der Waals surface area contributed by atoms with Crippen molar-refractivity contribution in [2.75, 3.05) is 31.1 Å². The van der Waals surface area contributed by atoms with Crippen molar-refractivity contribution in [2.45, 2.75) is 26.3 Å². The fraction of sp³-hybridized carbons (Fsp3) is 0.615. The smallest absolute Gasteiger partial charge is 0.132 e. The van der Waals surface area contributed by atoms with Gasteiger partial charge in [-0.25, -0.2) is 9.97 Å². The fourth-order valence-electron chi connectivity index (χ4n) is 2.27. The van der Waals surface area contributed by atoms with Crippen molar-refractivity contribution in [3.05, 3.63) is 18.1 Å². The number of hydrogen-bond acceptors (Lipinski definition) is 5. The molecule has 5 nitrogen and oxygen atoms in total. The van der Waals surface area contributed by atoms with Crippen molar-refractivity contribution >= 4 is 23.0 Å². The van der Waals surface area contributed by atoms with E-state index in [1.165, 1.54) is 0 Å². The van der Waals surface area contributed by atoms with Crippen molar-refractivity contribution in [3.63, 3.8) is 0 Å². The number of rotatable bonds is 3. The number of aryl methyl sites for hydroxylation is 1. The van der Waals surface area contributed by atoms with Gasteiger partial charge in [0.05, 0.1) is 10.5 Å². The van der Waals surface area contributed by atoms with Gasteiger partial charge < -0.3 is 10.6 Å². The molecule has 1 aliphatic heterocycles. The summed E-state index contributed by atoms with van der Waals surface area (Å²) < 4.78 is 0. The predicted molar refractivity (Wildman–Crippen MR) is 81.4 cm³/mol. The van der Waals surface area contributed by atoms with E-state index in [1.807, 2.05) is 19.2 Å². The highest BCUT2D eigenvalue weighted by atomic mass is 32.1. The van der Waals surface area contributed by atoms with Crippen molar-refractivity contribution in [1.82, 2.24) is 14.9 Å². The van der Waals surface area contributed by atoms with Gasteiger partial charge in [0.15, 0.2) is 0 Å². The van der Waals surface area contributed by atoms with Crippen LogP contribution in [0.4, 0.5) is 5.82 Å². The van der Waals surface area contributed by atoms with E-state index in [4.69, 9.17) is 18.0 Å². The van der Waals surface area contributed by atoms with Gasteiger partial charge in [-0.1, -0.05) is 12.2 Å². The lowest BCUT2D eigenvalue weighted by Gasteiger charge is -2.43. The van der Waals surface area contributed by atoms with Crippen LogP contribution >= 0.6 is 12.2 Å². The summed E-state index contributed by atoms with van der Waals surface area (Å²) in [6, 6.07) is 1.96. The number of nitrogens with two attached hydrogens (primary N) is 1. The summed E-state index contributed by atoms with van der Waals surface area (Å²) in [4.78, 5) is 13.8. The molecule has 0 aliphatic carbocycles. The normalized spacial score (nSPS) is 17.5. The van der Waals surface area contributed by atoms with Gasteiger partial charge in [-0.2, -0.15) is 0 Å². The molecule has 2 N–H and O–H groups in total. The number of nitrogens with zero attached hydrogens (tertiary/aromatic N) is 4. The fourth-order valence-corrected chi connectivity index (χ4v) is 2.40. The van der Waals surface area contributed by atoms with E-state index in [0.717, 1.165) is 37.8 Å². The van der Waals surface area contributed by atoms with Crippen molar-refractivity contribution in [3.8, 4) is 0 Å². The van der Waals surface area contributed by atoms with E-state index in [-0.39, 0.29) is 5.54 Å². The van der Waals surface area contributed by atoms with Crippen molar-refractivity contribution in [2.24, 2.45) is 5.73 Å². The quantitative estimate of drug-likeness (QED) is 0.832. The summed E-state index contributed by atoms with van der Waals surface area (Å²) in [7, 11) is 0. The molecule has 6 heteroatoms. The molecule has 2 heterocycles. The summed E-state index contributed by atoms with van der Waals surface area (Å²) in [5.41, 5.74) is 5.60. The van der Waals surface area contributed by atoms with E-state index in [9.17, 15) is 0 Å². The Morgan fingerprint density at radius 1 is 1.32 bits per heavy atom. The number of hydrogen-bond donors (Lipinski definition) is 1. The molecule has 0 unspecified atom stereocenters. The van der Waals surface area contributed by atoms with E-state index in [0.29, 0.717) is 4.99 Å². The van der Waals surface area contributed by atoms with Gasteiger partial charge in [0.25, 0.3) is 0 Å². The van der Waals surface area contributed by atoms with Crippen LogP contribution in [-0.4, -0.2) is 51.6 Å². The SMILES string of the molecule is Cc1nccc(N2CCN(C(C)(C)C(N)=S)CC2)n1. The molecule has 1 aliphatic rings. The molecule has 2 rings (SSSR count). The largest absolute Gasteiger partial charge is 0.392 e. The molecule has 0 spiro atoms. The summed E-state index contributed by atoms with van der Waals surface area (Å²) in [5.74, 6) is 1.81. The maximum atomic E-state index is 5.82. The molecule has 0 amide bonds. The Morgan fingerprint density at radius 3 is 2.47 bits per heavy atom. The van der Waals surface area contributed by atoms with Crippen molar-refractivity contribution < 1.29 is 0 Å². The molecule has 0 aromatic carbocycles. The molecular weight excluding hydrogens is 258 g/mol. The molecule has 104 valence electrons. The predicted octanol–water partition coefficient (Wildman–Crippen LogP) is 0.972. The second kappa shape index (κ2) is 5.38. The second-order valence-electron chi connectivity index (χ2n) is 5.36. The van der Waals surface area contributed by atoms with E-state index >= 15 is 0 Å². The Balaban J connectivity index is 2.02. The molecule has 0 saturated carbocycles. The third-order valence-corrected chi connectivity index (χ3v) is 4.26. The van der Waals surface area contributed by atoms with Crippen LogP contribution in [0.3, 0.4) is 0 Å². The zero-order valence-electron chi connectivity index (χ0n) is 11.8. The minimum absolute atomic E-state index is 0.219. The van der Waals surface area contributed by atoms with Crippen LogP contribution in [0, 0.1) is 6.92 Å². The molecule has 1 aromatic heterocycles. The zero-order valence-corrected chi connectivity index (χ0v) is 12.6. The monoisotopic (exact) mass is 279 g/mol. The summed E-state index contributed by atoms with van der Waals surface area (Å²) in [5, 5.41) is 0. The lowest BCUT2D eigenvalue weighted by molar-refractivity contribution is 0.168. The first-order valence-corrected chi connectivity index (χ1v) is 6.91. The zero-order chi connectivity index (χ0) is 14.0. The van der Waals surface area contributed by atoms with Crippen LogP contribution in [0.1, 0.15) is 19.7 Å². The average Bonchev–Trinajstić information content (AvgIpc) is 2.38. The Kier molecular flexibility index (Phi) is 4.01. The maximum absolute atomic E-state index is 5.82. The van der Waals surface area contributed by atoms with Gasteiger partial charge in [0.2, 0.25) is 0 Å². The topological polar surface area (TPSA) is 58.3 Å². The van der Waals surface area contributed by atoms with Crippen LogP contribution < -0.4 is 10.6 Å². The number of anilines is 1. The highest BCUT2D eigenvalue weighted by Gasteiger charge is 2.32. The Bertz CT molecular complexity index is 466. The van der Waals surface area contributed by atoms with Gasteiger partial charge in [-0.3, -0.25) is 4.90 Å². The minimum atomic E-state index is -0.219. The van der Waals surface area contributed by atoms with E-state index < -0.39 is 0 Å². The Labute approximate surface area is 119 Å². The molecule has 0 atom stereocenters. The van der Waals surface area contributed by atoms with Gasteiger partial charge >= 0.3 is 0 Å². The molecule has 1 fully saturated rings. The first-order chi connectivity index (χ1) is 8.91. The number of thiocarbonyl (C=S) groups is 1. The molecule has 19 heavy (non-hydrogen) atoms. The lowest BCUT2D eigenvalue weighted by atomic mass is 10.0. The van der Waals surface area contributed by atoms with Gasteiger partial charge in [-0.15, -0.1) is 0 Å². The Morgan fingerprint density at radius 2 is 1.95 bits per heavy atom. The summed E-state index contributed by atoms with van der Waals surface area (Å²) >= 11 is 5.15. The second-order valence-corrected chi connectivity index (χ2v) is 5.80. The van der Waals surface area contributed by atoms with Gasteiger partial charge in [0, 0.05) is 32.4 Å². The van der Waals surface area contributed by atoms with E-state index in [1.54, 1.807) is 0 Å². The molecule has 0 bridgehead atoms. The highest BCUT2D eigenvalue weighted by Crippen LogP contribution is 2.20. The Hall–Kier alpha value is -1.27. The minimum Gasteiger partial charge on any atom is -0.392 e. The van der Waals surface area contributed by atoms with Crippen LogP contribution in [0.25, 0.3) is 0 Å². The van der Waals surface area contributed by atoms with Crippen molar-refractivity contribution in [1.29, 1.82) is 0 Å². The van der Waals surface area contributed by atoms with Crippen LogP contribution in [0.2, 0.25) is 0 Å². The molecule has 0 radical (unpaired) electrons. The van der Waals surface area contributed by atoms with Crippen LogP contribution in [0.15, 0.2) is 12.3 Å². The third-order valence-electron chi connectivity index (χ3n) is 3.76. The molecule has 1 aromatic rings. The van der Waals surface area contributed by atoms with Crippen LogP contribution in [0.5, 0.6) is 0 Å². The summed E-state index contributed by atoms with van der Waals surface area (Å²) in [6.07, 6.45) is 1.81. The highest BCUT2D eigenvalue weighted by molar-refractivity contribution is 7.80. The molecular formula is C13H21N5S. The maximum Gasteiger partial charge on any atom is 0.132 e.